The van der Waals surface area contributed by atoms with Gasteiger partial charge in [0.15, 0.2) is 11.5 Å². The van der Waals surface area contributed by atoms with Gasteiger partial charge in [-0.15, -0.1) is 0 Å². The van der Waals surface area contributed by atoms with Crippen molar-refractivity contribution in [2.45, 2.75) is 13.5 Å². The van der Waals surface area contributed by atoms with Crippen molar-refractivity contribution in [3.8, 4) is 17.6 Å². The second-order valence-electron chi connectivity index (χ2n) is 7.11. The van der Waals surface area contributed by atoms with Crippen molar-refractivity contribution in [1.29, 1.82) is 5.26 Å². The molecule has 0 aromatic heterocycles. The average Bonchev–Trinajstić information content (AvgIpc) is 2.83. The van der Waals surface area contributed by atoms with Crippen LogP contribution in [0.1, 0.15) is 18.1 Å². The van der Waals surface area contributed by atoms with E-state index in [2.05, 4.69) is 27.9 Å². The van der Waals surface area contributed by atoms with E-state index in [0.29, 0.717) is 37.9 Å². The Morgan fingerprint density at radius 2 is 1.86 bits per heavy atom. The van der Waals surface area contributed by atoms with Crippen LogP contribution in [0.5, 0.6) is 11.5 Å². The molecule has 178 valence electrons. The molecule has 0 saturated heterocycles. The Kier molecular flexibility index (Phi) is 9.05. The quantitative estimate of drug-likeness (QED) is 0.0999. The van der Waals surface area contributed by atoms with Crippen LogP contribution in [-0.4, -0.2) is 17.4 Å². The van der Waals surface area contributed by atoms with Gasteiger partial charge in [0.1, 0.15) is 18.2 Å². The highest BCUT2D eigenvalue weighted by atomic mass is 127. The molecule has 3 aromatic rings. The Bertz CT molecular complexity index is 1300. The first kappa shape index (κ1) is 26.0. The molecular formula is C25H19ClIN3O5. The number of nitriles is 1. The van der Waals surface area contributed by atoms with E-state index in [1.807, 2.05) is 13.0 Å². The number of halogens is 2. The molecule has 0 aliphatic rings. The third-order valence-electron chi connectivity index (χ3n) is 4.64. The molecule has 1 amide bonds. The van der Waals surface area contributed by atoms with Crippen molar-refractivity contribution in [2.75, 3.05) is 11.9 Å². The van der Waals surface area contributed by atoms with E-state index in [1.54, 1.807) is 48.5 Å². The summed E-state index contributed by atoms with van der Waals surface area (Å²) >= 11 is 7.95. The zero-order valence-electron chi connectivity index (χ0n) is 18.5. The number of rotatable bonds is 9. The molecule has 0 heterocycles. The number of nitrogens with one attached hydrogen (secondary N) is 1. The molecule has 0 saturated carbocycles. The lowest BCUT2D eigenvalue weighted by Crippen LogP contribution is -2.13. The van der Waals surface area contributed by atoms with E-state index < -0.39 is 10.8 Å². The van der Waals surface area contributed by atoms with Crippen LogP contribution in [0.2, 0.25) is 5.02 Å². The predicted octanol–water partition coefficient (Wildman–Crippen LogP) is 6.38. The molecule has 35 heavy (non-hydrogen) atoms. The van der Waals surface area contributed by atoms with Gasteiger partial charge in [0.2, 0.25) is 0 Å². The summed E-state index contributed by atoms with van der Waals surface area (Å²) in [5.74, 6) is 0.385. The molecule has 8 nitrogen and oxygen atoms in total. The number of amides is 1. The van der Waals surface area contributed by atoms with Gasteiger partial charge in [0.05, 0.1) is 15.1 Å². The molecule has 0 spiro atoms. The van der Waals surface area contributed by atoms with Gasteiger partial charge >= 0.3 is 0 Å². The maximum absolute atomic E-state index is 12.6. The van der Waals surface area contributed by atoms with E-state index in [1.165, 1.54) is 18.2 Å². The van der Waals surface area contributed by atoms with Gasteiger partial charge in [-0.1, -0.05) is 11.6 Å². The first-order valence-electron chi connectivity index (χ1n) is 10.3. The van der Waals surface area contributed by atoms with Crippen LogP contribution in [0.15, 0.2) is 66.2 Å². The minimum atomic E-state index is -0.554. The number of nitro benzene ring substituents is 1. The fourth-order valence-corrected chi connectivity index (χ4v) is 3.90. The largest absolute Gasteiger partial charge is 0.490 e. The van der Waals surface area contributed by atoms with Gasteiger partial charge in [0, 0.05) is 22.8 Å². The zero-order valence-corrected chi connectivity index (χ0v) is 21.4. The number of non-ortho nitro benzene ring substituents is 1. The average molecular weight is 604 g/mol. The van der Waals surface area contributed by atoms with Crippen LogP contribution in [0, 0.1) is 25.0 Å². The Labute approximate surface area is 220 Å². The number of hydrogen-bond donors (Lipinski definition) is 1. The number of nitro groups is 1. The molecule has 0 atom stereocenters. The molecule has 0 aliphatic heterocycles. The SMILES string of the molecule is CCOc1cc(/C=C(/C#N)C(=O)Nc2ccc(Cl)cc2)cc(I)c1OCc1ccc([N+](=O)[O-])cc1. The van der Waals surface area contributed by atoms with Crippen LogP contribution in [0.25, 0.3) is 6.08 Å². The summed E-state index contributed by atoms with van der Waals surface area (Å²) in [6, 6.07) is 18.0. The second kappa shape index (κ2) is 12.2. The normalized spacial score (nSPS) is 10.9. The Morgan fingerprint density at radius 1 is 1.17 bits per heavy atom. The minimum absolute atomic E-state index is 0.00266. The number of hydrogen-bond acceptors (Lipinski definition) is 6. The predicted molar refractivity (Wildman–Crippen MR) is 141 cm³/mol. The molecule has 0 bridgehead atoms. The lowest BCUT2D eigenvalue weighted by molar-refractivity contribution is -0.384. The highest BCUT2D eigenvalue weighted by molar-refractivity contribution is 14.1. The van der Waals surface area contributed by atoms with Crippen molar-refractivity contribution < 1.29 is 19.2 Å². The van der Waals surface area contributed by atoms with Gasteiger partial charge in [-0.25, -0.2) is 0 Å². The van der Waals surface area contributed by atoms with Crippen molar-refractivity contribution in [3.63, 3.8) is 0 Å². The zero-order chi connectivity index (χ0) is 25.4. The van der Waals surface area contributed by atoms with Gasteiger partial charge in [-0.2, -0.15) is 5.26 Å². The number of anilines is 1. The van der Waals surface area contributed by atoms with E-state index >= 15 is 0 Å². The van der Waals surface area contributed by atoms with Gasteiger partial charge in [-0.05, 0) is 95.2 Å². The monoisotopic (exact) mass is 603 g/mol. The number of carbonyl (C=O) groups excluding carboxylic acids is 1. The fourth-order valence-electron chi connectivity index (χ4n) is 2.99. The molecule has 0 radical (unpaired) electrons. The van der Waals surface area contributed by atoms with Crippen LogP contribution in [-0.2, 0) is 11.4 Å². The summed E-state index contributed by atoms with van der Waals surface area (Å²) in [6.45, 7) is 2.38. The standard InChI is InChI=1S/C25H19ClIN3O5/c1-2-34-23-13-17(11-18(14-28)25(31)29-20-7-5-19(26)6-8-20)12-22(27)24(23)35-15-16-3-9-21(10-4-16)30(32)33/h3-13H,2,15H2,1H3,(H,29,31)/b18-11-. The highest BCUT2D eigenvalue weighted by Gasteiger charge is 2.15. The summed E-state index contributed by atoms with van der Waals surface area (Å²) in [5.41, 5.74) is 1.77. The van der Waals surface area contributed by atoms with E-state index in [0.717, 1.165) is 5.56 Å². The first-order valence-corrected chi connectivity index (χ1v) is 11.8. The summed E-state index contributed by atoms with van der Waals surface area (Å²) in [5, 5.41) is 23.6. The van der Waals surface area contributed by atoms with E-state index in [9.17, 15) is 20.2 Å². The van der Waals surface area contributed by atoms with Crippen molar-refractivity contribution >= 4 is 57.5 Å². The summed E-state index contributed by atoms with van der Waals surface area (Å²) in [6.07, 6.45) is 1.47. The first-order chi connectivity index (χ1) is 16.8. The summed E-state index contributed by atoms with van der Waals surface area (Å²) < 4.78 is 12.4. The van der Waals surface area contributed by atoms with Crippen molar-refractivity contribution in [3.05, 3.63) is 96.1 Å². The molecule has 3 rings (SSSR count). The van der Waals surface area contributed by atoms with Crippen molar-refractivity contribution in [2.24, 2.45) is 0 Å². The van der Waals surface area contributed by atoms with E-state index in [4.69, 9.17) is 21.1 Å². The van der Waals surface area contributed by atoms with E-state index in [-0.39, 0.29) is 17.9 Å². The lowest BCUT2D eigenvalue weighted by Gasteiger charge is -2.15. The summed E-state index contributed by atoms with van der Waals surface area (Å²) in [4.78, 5) is 23.0. The minimum Gasteiger partial charge on any atom is -0.490 e. The number of carbonyl (C=O) groups is 1. The van der Waals surface area contributed by atoms with Crippen LogP contribution in [0.4, 0.5) is 11.4 Å². The molecule has 0 unspecified atom stereocenters. The molecular weight excluding hydrogens is 585 g/mol. The van der Waals surface area contributed by atoms with Crippen molar-refractivity contribution in [1.82, 2.24) is 0 Å². The Hall–Kier alpha value is -3.62. The molecule has 1 N–H and O–H groups in total. The lowest BCUT2D eigenvalue weighted by atomic mass is 10.1. The molecule has 0 aliphatic carbocycles. The third kappa shape index (κ3) is 7.18. The van der Waals surface area contributed by atoms with Gasteiger partial charge in [0.25, 0.3) is 11.6 Å². The van der Waals surface area contributed by atoms with Crippen LogP contribution < -0.4 is 14.8 Å². The van der Waals surface area contributed by atoms with Gasteiger partial charge < -0.3 is 14.8 Å². The topological polar surface area (TPSA) is 114 Å². The smallest absolute Gasteiger partial charge is 0.269 e. The van der Waals surface area contributed by atoms with Gasteiger partial charge in [-0.3, -0.25) is 14.9 Å². The molecule has 10 heteroatoms. The molecule has 3 aromatic carbocycles. The van der Waals surface area contributed by atoms with Crippen LogP contribution in [0.3, 0.4) is 0 Å². The number of benzene rings is 3. The molecule has 0 fully saturated rings. The Morgan fingerprint density at radius 3 is 2.46 bits per heavy atom. The Balaban J connectivity index is 1.81. The maximum atomic E-state index is 12.6. The highest BCUT2D eigenvalue weighted by Crippen LogP contribution is 2.35. The maximum Gasteiger partial charge on any atom is 0.269 e. The number of ether oxygens (including phenoxy) is 2. The third-order valence-corrected chi connectivity index (χ3v) is 5.69. The summed E-state index contributed by atoms with van der Waals surface area (Å²) in [7, 11) is 0. The fraction of sp³-hybridized carbons (Fsp3) is 0.120. The number of nitrogens with zero attached hydrogens (tertiary/aromatic N) is 2. The van der Waals surface area contributed by atoms with Crippen LogP contribution >= 0.6 is 34.2 Å². The second-order valence-corrected chi connectivity index (χ2v) is 8.70.